The maximum absolute atomic E-state index is 12.5. The Kier molecular flexibility index (Phi) is 4.22. The molecule has 0 aliphatic rings. The van der Waals surface area contributed by atoms with E-state index in [0.717, 1.165) is 11.4 Å². The number of ketones is 1. The minimum Gasteiger partial charge on any atom is -0.355 e. The molecule has 0 aliphatic heterocycles. The van der Waals surface area contributed by atoms with Crippen LogP contribution >= 0.6 is 11.6 Å². The van der Waals surface area contributed by atoms with Gasteiger partial charge in [0, 0.05) is 27.5 Å². The molecule has 0 atom stereocenters. The number of carbonyl (C=O) groups is 1. The van der Waals surface area contributed by atoms with E-state index in [1.165, 1.54) is 0 Å². The number of carbonyl (C=O) groups excluding carboxylic acids is 1. The maximum atomic E-state index is 12.5. The second-order valence-electron chi connectivity index (χ2n) is 4.91. The second kappa shape index (κ2) is 6.46. The summed E-state index contributed by atoms with van der Waals surface area (Å²) in [7, 11) is 0. The fraction of sp³-hybridized carbons (Fsp3) is 0. The van der Waals surface area contributed by atoms with Gasteiger partial charge in [0.2, 0.25) is 0 Å². The third-order valence-corrected chi connectivity index (χ3v) is 3.48. The average molecular weight is 308 g/mol. The molecule has 108 valence electrons. The first-order chi connectivity index (χ1) is 10.7. The van der Waals surface area contributed by atoms with Gasteiger partial charge in [-0.05, 0) is 30.3 Å². The number of hydrogen-bond donors (Lipinski definition) is 1. The first-order valence-electron chi connectivity index (χ1n) is 6.95. The molecule has 3 aromatic rings. The van der Waals surface area contributed by atoms with E-state index in [0.29, 0.717) is 16.1 Å². The van der Waals surface area contributed by atoms with E-state index in [-0.39, 0.29) is 5.78 Å². The molecule has 0 heterocycles. The molecule has 0 aromatic heterocycles. The van der Waals surface area contributed by atoms with Gasteiger partial charge in [-0.2, -0.15) is 0 Å². The van der Waals surface area contributed by atoms with E-state index < -0.39 is 0 Å². The van der Waals surface area contributed by atoms with Gasteiger partial charge in [-0.3, -0.25) is 4.79 Å². The zero-order chi connectivity index (χ0) is 15.4. The van der Waals surface area contributed by atoms with Gasteiger partial charge in [-0.25, -0.2) is 0 Å². The van der Waals surface area contributed by atoms with Crippen molar-refractivity contribution in [1.82, 2.24) is 0 Å². The summed E-state index contributed by atoms with van der Waals surface area (Å²) < 4.78 is 0. The first-order valence-corrected chi connectivity index (χ1v) is 7.32. The molecule has 1 N–H and O–H groups in total. The Morgan fingerprint density at radius 3 is 2.05 bits per heavy atom. The van der Waals surface area contributed by atoms with Crippen molar-refractivity contribution < 1.29 is 4.79 Å². The van der Waals surface area contributed by atoms with E-state index in [2.05, 4.69) is 5.32 Å². The van der Waals surface area contributed by atoms with Gasteiger partial charge < -0.3 is 5.32 Å². The quantitative estimate of drug-likeness (QED) is 0.661. The SMILES string of the molecule is O=C(c1ccccc1)c1cc(Cl)cc(Nc2ccccc2)c1. The van der Waals surface area contributed by atoms with E-state index in [9.17, 15) is 4.79 Å². The predicted octanol–water partition coefficient (Wildman–Crippen LogP) is 5.31. The number of anilines is 2. The smallest absolute Gasteiger partial charge is 0.193 e. The van der Waals surface area contributed by atoms with Crippen LogP contribution < -0.4 is 5.32 Å². The van der Waals surface area contributed by atoms with Crippen molar-refractivity contribution in [3.05, 3.63) is 95.0 Å². The van der Waals surface area contributed by atoms with Crippen LogP contribution in [0.4, 0.5) is 11.4 Å². The molecule has 0 radical (unpaired) electrons. The zero-order valence-corrected chi connectivity index (χ0v) is 12.5. The largest absolute Gasteiger partial charge is 0.355 e. The molecule has 0 saturated carbocycles. The molecule has 0 fully saturated rings. The van der Waals surface area contributed by atoms with Crippen LogP contribution in [-0.2, 0) is 0 Å². The van der Waals surface area contributed by atoms with Gasteiger partial charge >= 0.3 is 0 Å². The van der Waals surface area contributed by atoms with Gasteiger partial charge in [0.05, 0.1) is 0 Å². The highest BCUT2D eigenvalue weighted by Crippen LogP contribution is 2.24. The van der Waals surface area contributed by atoms with Crippen molar-refractivity contribution in [2.24, 2.45) is 0 Å². The molecule has 3 heteroatoms. The van der Waals surface area contributed by atoms with Crippen molar-refractivity contribution in [2.75, 3.05) is 5.32 Å². The molecule has 0 amide bonds. The summed E-state index contributed by atoms with van der Waals surface area (Å²) in [5.74, 6) is -0.0424. The monoisotopic (exact) mass is 307 g/mol. The molecule has 0 bridgehead atoms. The molecule has 2 nitrogen and oxygen atoms in total. The van der Waals surface area contributed by atoms with Gasteiger partial charge in [0.25, 0.3) is 0 Å². The highest BCUT2D eigenvalue weighted by atomic mass is 35.5. The molecule has 0 unspecified atom stereocenters. The number of benzene rings is 3. The molecule has 0 saturated heterocycles. The molecule has 0 spiro atoms. The minimum absolute atomic E-state index is 0.0424. The van der Waals surface area contributed by atoms with Crippen LogP contribution in [0, 0.1) is 0 Å². The number of rotatable bonds is 4. The number of nitrogens with one attached hydrogen (secondary N) is 1. The molecule has 3 aromatic carbocycles. The number of hydrogen-bond acceptors (Lipinski definition) is 2. The van der Waals surface area contributed by atoms with Crippen LogP contribution in [0.5, 0.6) is 0 Å². The second-order valence-corrected chi connectivity index (χ2v) is 5.35. The predicted molar refractivity (Wildman–Crippen MR) is 91.1 cm³/mol. The average Bonchev–Trinajstić information content (AvgIpc) is 2.55. The Morgan fingerprint density at radius 1 is 0.727 bits per heavy atom. The van der Waals surface area contributed by atoms with Gasteiger partial charge in [0.1, 0.15) is 0 Å². The molecule has 3 rings (SSSR count). The highest BCUT2D eigenvalue weighted by Gasteiger charge is 2.10. The molecule has 0 aliphatic carbocycles. The Balaban J connectivity index is 1.92. The van der Waals surface area contributed by atoms with Crippen LogP contribution in [-0.4, -0.2) is 5.78 Å². The van der Waals surface area contributed by atoms with Crippen LogP contribution in [0.2, 0.25) is 5.02 Å². The Labute approximate surface area is 134 Å². The molecular formula is C19H14ClNO. The fourth-order valence-electron chi connectivity index (χ4n) is 2.24. The van der Waals surface area contributed by atoms with Gasteiger partial charge in [0.15, 0.2) is 5.78 Å². The van der Waals surface area contributed by atoms with Crippen LogP contribution in [0.1, 0.15) is 15.9 Å². The highest BCUT2D eigenvalue weighted by molar-refractivity contribution is 6.31. The lowest BCUT2D eigenvalue weighted by molar-refractivity contribution is 0.103. The van der Waals surface area contributed by atoms with Crippen LogP contribution in [0.25, 0.3) is 0 Å². The van der Waals surface area contributed by atoms with E-state index in [1.54, 1.807) is 24.3 Å². The summed E-state index contributed by atoms with van der Waals surface area (Å²) >= 11 is 6.16. The Morgan fingerprint density at radius 2 is 1.36 bits per heavy atom. The summed E-state index contributed by atoms with van der Waals surface area (Å²) in [4.78, 5) is 12.5. The summed E-state index contributed by atoms with van der Waals surface area (Å²) in [6.45, 7) is 0. The summed E-state index contributed by atoms with van der Waals surface area (Å²) in [6.07, 6.45) is 0. The third kappa shape index (κ3) is 3.35. The third-order valence-electron chi connectivity index (χ3n) is 3.26. The molecule has 22 heavy (non-hydrogen) atoms. The lowest BCUT2D eigenvalue weighted by Crippen LogP contribution is -2.02. The van der Waals surface area contributed by atoms with Crippen LogP contribution in [0.3, 0.4) is 0 Å². The summed E-state index contributed by atoms with van der Waals surface area (Å²) in [5, 5.41) is 3.78. The normalized spacial score (nSPS) is 10.2. The van der Waals surface area contributed by atoms with Crippen molar-refractivity contribution in [3.63, 3.8) is 0 Å². The zero-order valence-electron chi connectivity index (χ0n) is 11.8. The number of para-hydroxylation sites is 1. The first kappa shape index (κ1) is 14.4. The van der Waals surface area contributed by atoms with Crippen molar-refractivity contribution in [1.29, 1.82) is 0 Å². The fourth-order valence-corrected chi connectivity index (χ4v) is 2.47. The minimum atomic E-state index is -0.0424. The van der Waals surface area contributed by atoms with Gasteiger partial charge in [-0.15, -0.1) is 0 Å². The standard InChI is InChI=1S/C19H14ClNO/c20-16-11-15(19(22)14-7-3-1-4-8-14)12-18(13-16)21-17-9-5-2-6-10-17/h1-13,21H. The summed E-state index contributed by atoms with van der Waals surface area (Å²) in [6, 6.07) is 24.2. The van der Waals surface area contributed by atoms with E-state index >= 15 is 0 Å². The lowest BCUT2D eigenvalue weighted by Gasteiger charge is -2.09. The van der Waals surface area contributed by atoms with Gasteiger partial charge in [-0.1, -0.05) is 60.1 Å². The number of halogens is 1. The van der Waals surface area contributed by atoms with E-state index in [4.69, 9.17) is 11.6 Å². The van der Waals surface area contributed by atoms with Crippen molar-refractivity contribution in [3.8, 4) is 0 Å². The lowest BCUT2D eigenvalue weighted by atomic mass is 10.0. The summed E-state index contributed by atoms with van der Waals surface area (Å²) in [5.41, 5.74) is 2.95. The maximum Gasteiger partial charge on any atom is 0.193 e. The van der Waals surface area contributed by atoms with Crippen molar-refractivity contribution >= 4 is 28.8 Å². The Hall–Kier alpha value is -2.58. The van der Waals surface area contributed by atoms with E-state index in [1.807, 2.05) is 54.6 Å². The van der Waals surface area contributed by atoms with Crippen LogP contribution in [0.15, 0.2) is 78.9 Å². The molecular weight excluding hydrogens is 294 g/mol. The van der Waals surface area contributed by atoms with Crippen molar-refractivity contribution in [2.45, 2.75) is 0 Å². The topological polar surface area (TPSA) is 29.1 Å². The Bertz CT molecular complexity index is 785.